The first kappa shape index (κ1) is 18.3. The minimum atomic E-state index is -0.221. The number of aryl methyl sites for hydroxylation is 2. The molecule has 0 saturated carbocycles. The van der Waals surface area contributed by atoms with Crippen LogP contribution in [0.2, 0.25) is 0 Å². The molecule has 6 nitrogen and oxygen atoms in total. The van der Waals surface area contributed by atoms with Crippen molar-refractivity contribution in [2.75, 3.05) is 11.1 Å². The summed E-state index contributed by atoms with van der Waals surface area (Å²) in [6, 6.07) is 9.74. The van der Waals surface area contributed by atoms with Crippen LogP contribution in [0, 0.1) is 13.8 Å². The van der Waals surface area contributed by atoms with Crippen molar-refractivity contribution >= 4 is 34.1 Å². The van der Waals surface area contributed by atoms with Gasteiger partial charge in [-0.15, -0.1) is 11.3 Å². The Balaban J connectivity index is 1.55. The van der Waals surface area contributed by atoms with E-state index in [-0.39, 0.29) is 17.2 Å². The molecule has 0 aliphatic rings. The second-order valence-electron chi connectivity index (χ2n) is 5.83. The third kappa shape index (κ3) is 5.27. The van der Waals surface area contributed by atoms with Crippen LogP contribution in [0.3, 0.4) is 0 Å². The lowest BCUT2D eigenvalue weighted by molar-refractivity contribution is -0.113. The predicted octanol–water partition coefficient (Wildman–Crippen LogP) is 3.16. The van der Waals surface area contributed by atoms with Crippen molar-refractivity contribution in [3.63, 3.8) is 0 Å². The van der Waals surface area contributed by atoms with Gasteiger partial charge in [-0.05, 0) is 19.4 Å². The number of anilines is 1. The largest absolute Gasteiger partial charge is 0.301 e. The molecule has 1 aromatic carbocycles. The molecule has 3 rings (SSSR count). The number of rotatable bonds is 6. The highest BCUT2D eigenvalue weighted by Gasteiger charge is 2.09. The number of hydrogen-bond donors (Lipinski definition) is 2. The average molecular weight is 387 g/mol. The monoisotopic (exact) mass is 386 g/mol. The fourth-order valence-corrected chi connectivity index (χ4v) is 3.96. The first-order chi connectivity index (χ1) is 12.5. The number of thioether (sulfide) groups is 1. The van der Waals surface area contributed by atoms with Crippen LogP contribution in [0.5, 0.6) is 0 Å². The van der Waals surface area contributed by atoms with Crippen LogP contribution in [0.4, 0.5) is 5.13 Å². The van der Waals surface area contributed by atoms with E-state index in [1.54, 1.807) is 13.1 Å². The van der Waals surface area contributed by atoms with Gasteiger partial charge >= 0.3 is 0 Å². The van der Waals surface area contributed by atoms with Gasteiger partial charge in [0.2, 0.25) is 5.91 Å². The molecule has 0 radical (unpaired) electrons. The Morgan fingerprint density at radius 1 is 1.31 bits per heavy atom. The number of aromatic nitrogens is 3. The molecule has 0 bridgehead atoms. The number of carbonyl (C=O) groups excluding carboxylic acids is 1. The molecule has 3 aromatic rings. The molecule has 1 amide bonds. The van der Waals surface area contributed by atoms with Crippen molar-refractivity contribution in [2.45, 2.75) is 25.4 Å². The second-order valence-corrected chi connectivity index (χ2v) is 7.91. The number of H-pyrrole nitrogens is 1. The molecule has 134 valence electrons. The molecule has 0 fully saturated rings. The summed E-state index contributed by atoms with van der Waals surface area (Å²) in [5, 5.41) is 3.79. The van der Waals surface area contributed by atoms with Gasteiger partial charge in [-0.1, -0.05) is 41.6 Å². The molecule has 2 N–H and O–H groups in total. The second kappa shape index (κ2) is 8.29. The molecular formula is C18H18N4O2S2. The summed E-state index contributed by atoms with van der Waals surface area (Å²) in [7, 11) is 0. The molecule has 0 aliphatic carbocycles. The van der Waals surface area contributed by atoms with Gasteiger partial charge in [0, 0.05) is 29.3 Å². The van der Waals surface area contributed by atoms with E-state index in [0.29, 0.717) is 16.0 Å². The van der Waals surface area contributed by atoms with E-state index < -0.39 is 0 Å². The van der Waals surface area contributed by atoms with Gasteiger partial charge in [0.15, 0.2) is 10.3 Å². The summed E-state index contributed by atoms with van der Waals surface area (Å²) >= 11 is 2.65. The van der Waals surface area contributed by atoms with Crippen molar-refractivity contribution < 1.29 is 4.79 Å². The third-order valence-corrected chi connectivity index (χ3v) is 5.23. The van der Waals surface area contributed by atoms with E-state index in [0.717, 1.165) is 11.3 Å². The van der Waals surface area contributed by atoms with Gasteiger partial charge in [0.25, 0.3) is 5.56 Å². The van der Waals surface area contributed by atoms with Crippen LogP contribution >= 0.6 is 23.1 Å². The summed E-state index contributed by atoms with van der Waals surface area (Å²) < 4.78 is 0. The zero-order chi connectivity index (χ0) is 18.5. The lowest BCUT2D eigenvalue weighted by atomic mass is 10.1. The summed E-state index contributed by atoms with van der Waals surface area (Å²) in [5.74, 6) is -0.0326. The summed E-state index contributed by atoms with van der Waals surface area (Å²) in [4.78, 5) is 35.6. The fraction of sp³-hybridized carbons (Fsp3) is 0.222. The SMILES string of the molecule is Cc1cccc(Cc2cnc(NC(=O)CSc3nc(C)cc(=O)[nH]3)s2)c1. The number of benzene rings is 1. The first-order valence-electron chi connectivity index (χ1n) is 7.99. The van der Waals surface area contributed by atoms with Crippen molar-refractivity contribution in [1.82, 2.24) is 15.0 Å². The van der Waals surface area contributed by atoms with E-state index in [2.05, 4.69) is 45.4 Å². The number of hydrogen-bond acceptors (Lipinski definition) is 6. The number of carbonyl (C=O) groups is 1. The molecule has 0 spiro atoms. The van der Waals surface area contributed by atoms with Crippen LogP contribution in [0.1, 0.15) is 21.7 Å². The highest BCUT2D eigenvalue weighted by Crippen LogP contribution is 2.22. The first-order valence-corrected chi connectivity index (χ1v) is 9.79. The van der Waals surface area contributed by atoms with Crippen LogP contribution in [-0.2, 0) is 11.2 Å². The number of amides is 1. The van der Waals surface area contributed by atoms with Gasteiger partial charge in [-0.3, -0.25) is 9.59 Å². The molecule has 2 aromatic heterocycles. The topological polar surface area (TPSA) is 87.7 Å². The van der Waals surface area contributed by atoms with E-state index in [4.69, 9.17) is 0 Å². The maximum Gasteiger partial charge on any atom is 0.251 e. The Morgan fingerprint density at radius 2 is 2.15 bits per heavy atom. The Bertz CT molecular complexity index is 981. The number of thiazole rings is 1. The van der Waals surface area contributed by atoms with Crippen molar-refractivity contribution in [3.05, 3.63) is 68.6 Å². The molecule has 26 heavy (non-hydrogen) atoms. The summed E-state index contributed by atoms with van der Waals surface area (Å²) in [6.45, 7) is 3.81. The van der Waals surface area contributed by atoms with Crippen LogP contribution in [0.25, 0.3) is 0 Å². The molecule has 2 heterocycles. The lowest BCUT2D eigenvalue weighted by Crippen LogP contribution is -2.15. The smallest absolute Gasteiger partial charge is 0.251 e. The number of nitrogens with zero attached hydrogens (tertiary/aromatic N) is 2. The summed E-state index contributed by atoms with van der Waals surface area (Å²) in [5.41, 5.74) is 2.84. The van der Waals surface area contributed by atoms with Crippen molar-refractivity contribution in [1.29, 1.82) is 0 Å². The maximum absolute atomic E-state index is 12.1. The average Bonchev–Trinajstić information content (AvgIpc) is 2.99. The van der Waals surface area contributed by atoms with Gasteiger partial charge < -0.3 is 10.3 Å². The van der Waals surface area contributed by atoms with Gasteiger partial charge in [-0.25, -0.2) is 9.97 Å². The molecule has 0 aliphatic heterocycles. The molecular weight excluding hydrogens is 368 g/mol. The highest BCUT2D eigenvalue weighted by molar-refractivity contribution is 7.99. The van der Waals surface area contributed by atoms with Crippen LogP contribution < -0.4 is 10.9 Å². The van der Waals surface area contributed by atoms with Crippen molar-refractivity contribution in [2.24, 2.45) is 0 Å². The predicted molar refractivity (Wildman–Crippen MR) is 105 cm³/mol. The maximum atomic E-state index is 12.1. The molecule has 8 heteroatoms. The van der Waals surface area contributed by atoms with Gasteiger partial charge in [0.05, 0.1) is 5.75 Å². The fourth-order valence-electron chi connectivity index (χ4n) is 2.38. The van der Waals surface area contributed by atoms with Gasteiger partial charge in [0.1, 0.15) is 0 Å². The van der Waals surface area contributed by atoms with Crippen LogP contribution in [-0.4, -0.2) is 26.6 Å². The zero-order valence-electron chi connectivity index (χ0n) is 14.4. The Labute approximate surface area is 159 Å². The normalized spacial score (nSPS) is 10.7. The highest BCUT2D eigenvalue weighted by atomic mass is 32.2. The minimum absolute atomic E-state index is 0.152. The van der Waals surface area contributed by atoms with Crippen molar-refractivity contribution in [3.8, 4) is 0 Å². The van der Waals surface area contributed by atoms with E-state index in [1.807, 2.05) is 6.07 Å². The molecule has 0 saturated heterocycles. The third-order valence-electron chi connectivity index (χ3n) is 3.45. The number of nitrogens with one attached hydrogen (secondary N) is 2. The van der Waals surface area contributed by atoms with E-state index in [1.165, 1.54) is 40.3 Å². The molecule has 0 unspecified atom stereocenters. The van der Waals surface area contributed by atoms with E-state index in [9.17, 15) is 9.59 Å². The Kier molecular flexibility index (Phi) is 5.85. The van der Waals surface area contributed by atoms with Gasteiger partial charge in [-0.2, -0.15) is 0 Å². The Hall–Kier alpha value is -2.45. The minimum Gasteiger partial charge on any atom is -0.301 e. The number of aromatic amines is 1. The van der Waals surface area contributed by atoms with E-state index >= 15 is 0 Å². The molecule has 0 atom stereocenters. The quantitative estimate of drug-likeness (QED) is 0.502. The summed E-state index contributed by atoms with van der Waals surface area (Å²) in [6.07, 6.45) is 2.58. The lowest BCUT2D eigenvalue weighted by Gasteiger charge is -2.02. The Morgan fingerprint density at radius 3 is 2.92 bits per heavy atom. The zero-order valence-corrected chi connectivity index (χ0v) is 16.0. The van der Waals surface area contributed by atoms with Crippen LogP contribution in [0.15, 0.2) is 46.5 Å². The standard InChI is InChI=1S/C18H18N4O2S2/c1-11-4-3-5-13(6-11)8-14-9-19-17(26-14)22-16(24)10-25-18-20-12(2)7-15(23)21-18/h3-7,9H,8,10H2,1-2H3,(H,19,22,24)(H,20,21,23).